The van der Waals surface area contributed by atoms with E-state index in [4.69, 9.17) is 38.3 Å². The van der Waals surface area contributed by atoms with Crippen LogP contribution in [0.2, 0.25) is 0 Å². The molecule has 0 aliphatic carbocycles. The Bertz CT molecular complexity index is 365. The molecule has 0 fully saturated rings. The van der Waals surface area contributed by atoms with Gasteiger partial charge in [-0.1, -0.05) is 0 Å². The van der Waals surface area contributed by atoms with E-state index in [1.807, 2.05) is 0 Å². The molecule has 0 heterocycles. The maximum absolute atomic E-state index is 10.8. The van der Waals surface area contributed by atoms with Crippen molar-refractivity contribution in [3.63, 3.8) is 0 Å². The van der Waals surface area contributed by atoms with Gasteiger partial charge < -0.3 is 43.0 Å². The van der Waals surface area contributed by atoms with Gasteiger partial charge in [-0.05, 0) is 0 Å². The number of carboxylic acids is 1. The van der Waals surface area contributed by atoms with Crippen LogP contribution >= 0.6 is 0 Å². The van der Waals surface area contributed by atoms with Crippen molar-refractivity contribution in [1.82, 2.24) is 0 Å². The Balaban J connectivity index is 3.03. The van der Waals surface area contributed by atoms with Crippen LogP contribution in [0.15, 0.2) is 0 Å². The average molecular weight is 412 g/mol. The van der Waals surface area contributed by atoms with Crippen LogP contribution in [0.3, 0.4) is 0 Å². The summed E-state index contributed by atoms with van der Waals surface area (Å²) in [5.41, 5.74) is 0. The van der Waals surface area contributed by atoms with Crippen LogP contribution in [-0.2, 0) is 47.5 Å². The molecule has 0 radical (unpaired) electrons. The first kappa shape index (κ1) is 26.7. The van der Waals surface area contributed by atoms with Crippen LogP contribution in [0.5, 0.6) is 0 Å². The molecule has 0 saturated heterocycles. The minimum atomic E-state index is -0.999. The second kappa shape index (κ2) is 22.0. The van der Waals surface area contributed by atoms with Crippen molar-refractivity contribution >= 4 is 11.9 Å². The predicted octanol–water partition coefficient (Wildman–Crippen LogP) is -0.640. The zero-order chi connectivity index (χ0) is 20.7. The van der Waals surface area contributed by atoms with Crippen molar-refractivity contribution in [1.29, 1.82) is 0 Å². The lowest BCUT2D eigenvalue weighted by Gasteiger charge is -2.08. The Kier molecular flexibility index (Phi) is 20.9. The number of aliphatic carboxylic acids is 1. The quantitative estimate of drug-likeness (QED) is 0.180. The molecular formula is C17H32O11. The largest absolute Gasteiger partial charge is 0.480 e. The van der Waals surface area contributed by atoms with Gasteiger partial charge in [-0.2, -0.15) is 0 Å². The lowest BCUT2D eigenvalue weighted by Crippen LogP contribution is -2.16. The summed E-state index contributed by atoms with van der Waals surface area (Å²) in [7, 11) is 1.30. The number of hydrogen-bond donors (Lipinski definition) is 1. The van der Waals surface area contributed by atoms with Gasteiger partial charge in [-0.15, -0.1) is 0 Å². The number of rotatable bonds is 22. The summed E-state index contributed by atoms with van der Waals surface area (Å²) >= 11 is 0. The van der Waals surface area contributed by atoms with E-state index >= 15 is 0 Å². The molecule has 0 unspecified atom stereocenters. The molecule has 0 aliphatic rings. The van der Waals surface area contributed by atoms with E-state index in [0.717, 1.165) is 0 Å². The standard InChI is InChI=1S/C17H32O11/c1-21-17(20)15-28-13-11-26-9-7-24-5-3-22-2-4-23-6-8-25-10-12-27-14-16(18)19/h2-15H2,1H3,(H,18,19). The summed E-state index contributed by atoms with van der Waals surface area (Å²) in [6.45, 7) is 4.43. The molecule has 1 N–H and O–H groups in total. The SMILES string of the molecule is COC(=O)COCCOCCOCCOCCOCCOCCOCC(=O)O. The monoisotopic (exact) mass is 412 g/mol. The summed E-state index contributed by atoms with van der Waals surface area (Å²) in [6.07, 6.45) is 0. The first-order chi connectivity index (χ1) is 13.7. The zero-order valence-corrected chi connectivity index (χ0v) is 16.4. The van der Waals surface area contributed by atoms with E-state index in [1.54, 1.807) is 0 Å². The third kappa shape index (κ3) is 22.7. The van der Waals surface area contributed by atoms with Gasteiger partial charge in [0.1, 0.15) is 13.2 Å². The number of esters is 1. The maximum atomic E-state index is 10.8. The van der Waals surface area contributed by atoms with Gasteiger partial charge in [0.2, 0.25) is 0 Å². The second-order valence-electron chi connectivity index (χ2n) is 5.14. The fourth-order valence-corrected chi connectivity index (χ4v) is 1.59. The van der Waals surface area contributed by atoms with Gasteiger partial charge in [0, 0.05) is 0 Å². The molecule has 0 saturated carbocycles. The van der Waals surface area contributed by atoms with Crippen LogP contribution in [0, 0.1) is 0 Å². The number of carboxylic acid groups (broad SMARTS) is 1. The van der Waals surface area contributed by atoms with Gasteiger partial charge >= 0.3 is 11.9 Å². The number of carbonyl (C=O) groups is 2. The molecule has 0 aromatic rings. The molecule has 0 aliphatic heterocycles. The highest BCUT2D eigenvalue weighted by molar-refractivity contribution is 5.70. The Morgan fingerprint density at radius 2 is 0.821 bits per heavy atom. The molecular weight excluding hydrogens is 380 g/mol. The van der Waals surface area contributed by atoms with Crippen molar-refractivity contribution in [3.8, 4) is 0 Å². The van der Waals surface area contributed by atoms with Crippen LogP contribution < -0.4 is 0 Å². The Morgan fingerprint density at radius 3 is 1.11 bits per heavy atom. The summed E-state index contributed by atoms with van der Waals surface area (Å²) in [6, 6.07) is 0. The number of carbonyl (C=O) groups excluding carboxylic acids is 1. The van der Waals surface area contributed by atoms with Gasteiger partial charge in [0.05, 0.1) is 86.4 Å². The van der Waals surface area contributed by atoms with Gasteiger partial charge in [0.15, 0.2) is 0 Å². The van der Waals surface area contributed by atoms with E-state index in [1.165, 1.54) is 7.11 Å². The maximum Gasteiger partial charge on any atom is 0.331 e. The molecule has 0 spiro atoms. The topological polar surface area (TPSA) is 128 Å². The van der Waals surface area contributed by atoms with Crippen molar-refractivity contribution in [3.05, 3.63) is 0 Å². The molecule has 0 amide bonds. The van der Waals surface area contributed by atoms with Crippen molar-refractivity contribution in [2.45, 2.75) is 0 Å². The molecule has 11 heteroatoms. The van der Waals surface area contributed by atoms with E-state index in [-0.39, 0.29) is 19.8 Å². The fourth-order valence-electron chi connectivity index (χ4n) is 1.59. The highest BCUT2D eigenvalue weighted by Crippen LogP contribution is 1.85. The van der Waals surface area contributed by atoms with Crippen LogP contribution in [0.4, 0.5) is 0 Å². The zero-order valence-electron chi connectivity index (χ0n) is 16.4. The van der Waals surface area contributed by atoms with E-state index in [2.05, 4.69) is 4.74 Å². The van der Waals surface area contributed by atoms with E-state index < -0.39 is 11.9 Å². The molecule has 0 aromatic heterocycles. The highest BCUT2D eigenvalue weighted by Gasteiger charge is 1.99. The van der Waals surface area contributed by atoms with Crippen LogP contribution in [0.25, 0.3) is 0 Å². The molecule has 166 valence electrons. The average Bonchev–Trinajstić information content (AvgIpc) is 2.68. The van der Waals surface area contributed by atoms with Crippen LogP contribution in [-0.4, -0.2) is 117 Å². The summed E-state index contributed by atoms with van der Waals surface area (Å²) < 4.78 is 40.7. The van der Waals surface area contributed by atoms with Gasteiger partial charge in [0.25, 0.3) is 0 Å². The smallest absolute Gasteiger partial charge is 0.331 e. The second-order valence-corrected chi connectivity index (χ2v) is 5.14. The summed E-state index contributed by atoms with van der Waals surface area (Å²) in [5, 5.41) is 8.36. The van der Waals surface area contributed by atoms with E-state index in [0.29, 0.717) is 72.7 Å². The van der Waals surface area contributed by atoms with Crippen molar-refractivity contribution in [2.24, 2.45) is 0 Å². The normalized spacial score (nSPS) is 10.9. The van der Waals surface area contributed by atoms with Gasteiger partial charge in [-0.3, -0.25) is 0 Å². The molecule has 0 aromatic carbocycles. The molecule has 0 bridgehead atoms. The Hall–Kier alpha value is -1.34. The molecule has 11 nitrogen and oxygen atoms in total. The third-order valence-corrected chi connectivity index (χ3v) is 2.91. The van der Waals surface area contributed by atoms with Crippen LogP contribution in [0.1, 0.15) is 0 Å². The Labute approximate surface area is 165 Å². The van der Waals surface area contributed by atoms with Gasteiger partial charge in [-0.25, -0.2) is 9.59 Å². The molecule has 0 atom stereocenters. The third-order valence-electron chi connectivity index (χ3n) is 2.91. The number of methoxy groups -OCH3 is 1. The summed E-state index contributed by atoms with van der Waals surface area (Å²) in [5.74, 6) is -1.41. The highest BCUT2D eigenvalue weighted by atomic mass is 16.6. The van der Waals surface area contributed by atoms with Crippen molar-refractivity contribution in [2.75, 3.05) is 99.6 Å². The predicted molar refractivity (Wildman–Crippen MR) is 95.4 cm³/mol. The van der Waals surface area contributed by atoms with E-state index in [9.17, 15) is 9.59 Å². The fraction of sp³-hybridized carbons (Fsp3) is 0.882. The number of hydrogen-bond acceptors (Lipinski definition) is 10. The Morgan fingerprint density at radius 1 is 0.536 bits per heavy atom. The molecule has 28 heavy (non-hydrogen) atoms. The molecule has 0 rings (SSSR count). The minimum Gasteiger partial charge on any atom is -0.480 e. The first-order valence-electron chi connectivity index (χ1n) is 8.99. The minimum absolute atomic E-state index is 0.0754. The van der Waals surface area contributed by atoms with Crippen molar-refractivity contribution < 1.29 is 52.6 Å². The lowest BCUT2D eigenvalue weighted by atomic mass is 10.6. The number of ether oxygens (including phenoxy) is 8. The first-order valence-corrected chi connectivity index (χ1v) is 8.99. The summed E-state index contributed by atoms with van der Waals surface area (Å²) in [4.78, 5) is 21.0. The lowest BCUT2D eigenvalue weighted by molar-refractivity contribution is -0.146.